The lowest BCUT2D eigenvalue weighted by Gasteiger charge is -2.39. The molecule has 5 nitrogen and oxygen atoms in total. The van der Waals surface area contributed by atoms with Crippen LogP contribution >= 0.6 is 0 Å². The van der Waals surface area contributed by atoms with Gasteiger partial charge in [-0.15, -0.1) is 0 Å². The van der Waals surface area contributed by atoms with Crippen molar-refractivity contribution in [1.29, 1.82) is 0 Å². The maximum absolute atomic E-state index is 13.8. The Bertz CT molecular complexity index is 948. The zero-order chi connectivity index (χ0) is 23.1. The molecule has 174 valence electrons. The van der Waals surface area contributed by atoms with Crippen LogP contribution in [0.15, 0.2) is 36.4 Å². The third-order valence-electron chi connectivity index (χ3n) is 6.68. The van der Waals surface area contributed by atoms with Crippen LogP contribution < -0.4 is 5.32 Å². The largest absolute Gasteiger partial charge is 0.410 e. The Balaban J connectivity index is 1.45. The number of halogens is 3. The Hall–Kier alpha value is -2.51. The first kappa shape index (κ1) is 22.7. The lowest BCUT2D eigenvalue weighted by atomic mass is 9.82. The van der Waals surface area contributed by atoms with Crippen LogP contribution in [0.25, 0.3) is 0 Å². The minimum Gasteiger partial charge on any atom is -0.367 e. The molecule has 0 aliphatic carbocycles. The van der Waals surface area contributed by atoms with Crippen LogP contribution in [0.3, 0.4) is 0 Å². The summed E-state index contributed by atoms with van der Waals surface area (Å²) in [5.74, 6) is 0.458. The SMILES string of the molecule is CC(C)(C)[C@@H]1C[C@@H](C(F)(F)F)n2nc([C@H]3CCN(C(=O)CCc4ccccc4)C3)cc2N1. The number of hydrogen-bond donors (Lipinski definition) is 1. The van der Waals surface area contributed by atoms with Gasteiger partial charge in [0.25, 0.3) is 0 Å². The summed E-state index contributed by atoms with van der Waals surface area (Å²) in [5.41, 5.74) is 1.44. The molecular formula is C24H31F3N4O. The highest BCUT2D eigenvalue weighted by atomic mass is 19.4. The first-order chi connectivity index (χ1) is 15.0. The van der Waals surface area contributed by atoms with Gasteiger partial charge in [0.15, 0.2) is 6.04 Å². The number of rotatable bonds is 4. The molecule has 2 aliphatic rings. The Morgan fingerprint density at radius 2 is 1.91 bits per heavy atom. The average Bonchev–Trinajstić information content (AvgIpc) is 3.37. The van der Waals surface area contributed by atoms with Crippen molar-refractivity contribution in [2.45, 2.75) is 70.6 Å². The molecule has 3 atom stereocenters. The molecule has 2 aromatic rings. The summed E-state index contributed by atoms with van der Waals surface area (Å²) < 4.78 is 42.6. The molecule has 32 heavy (non-hydrogen) atoms. The summed E-state index contributed by atoms with van der Waals surface area (Å²) in [6.45, 7) is 6.95. The predicted octanol–water partition coefficient (Wildman–Crippen LogP) is 5.17. The van der Waals surface area contributed by atoms with Gasteiger partial charge in [0.05, 0.1) is 5.69 Å². The second kappa shape index (κ2) is 8.45. The first-order valence-corrected chi connectivity index (χ1v) is 11.3. The average molecular weight is 449 g/mol. The molecule has 0 radical (unpaired) electrons. The highest BCUT2D eigenvalue weighted by Crippen LogP contribution is 2.44. The van der Waals surface area contributed by atoms with Crippen molar-refractivity contribution in [3.63, 3.8) is 0 Å². The molecule has 1 N–H and O–H groups in total. The highest BCUT2D eigenvalue weighted by molar-refractivity contribution is 5.76. The molecule has 1 aromatic carbocycles. The number of hydrogen-bond acceptors (Lipinski definition) is 3. The van der Waals surface area contributed by atoms with Gasteiger partial charge in [-0.3, -0.25) is 4.79 Å². The van der Waals surface area contributed by atoms with Gasteiger partial charge >= 0.3 is 6.18 Å². The van der Waals surface area contributed by atoms with Gasteiger partial charge in [0.2, 0.25) is 5.91 Å². The van der Waals surface area contributed by atoms with Gasteiger partial charge in [0, 0.05) is 37.5 Å². The summed E-state index contributed by atoms with van der Waals surface area (Å²) in [7, 11) is 0. The van der Waals surface area contributed by atoms with Crippen molar-refractivity contribution >= 4 is 11.7 Å². The maximum Gasteiger partial charge on any atom is 0.410 e. The van der Waals surface area contributed by atoms with E-state index < -0.39 is 12.2 Å². The van der Waals surface area contributed by atoms with Crippen LogP contribution in [0.1, 0.15) is 63.3 Å². The van der Waals surface area contributed by atoms with E-state index in [-0.39, 0.29) is 29.7 Å². The quantitative estimate of drug-likeness (QED) is 0.703. The van der Waals surface area contributed by atoms with Crippen molar-refractivity contribution in [3.8, 4) is 0 Å². The molecule has 0 spiro atoms. The summed E-state index contributed by atoms with van der Waals surface area (Å²) in [4.78, 5) is 14.5. The van der Waals surface area contributed by atoms with E-state index in [9.17, 15) is 18.0 Å². The fourth-order valence-electron chi connectivity index (χ4n) is 4.64. The zero-order valence-electron chi connectivity index (χ0n) is 18.8. The standard InChI is InChI=1S/C24H31F3N4O/c1-23(2,3)19-14-20(24(25,26)27)31-21(28-19)13-18(29-31)17-11-12-30(15-17)22(32)10-9-16-7-5-4-6-8-16/h4-8,13,17,19-20,28H,9-12,14-15H2,1-3H3/t17-,19-,20-/m0/s1. The number of carbonyl (C=O) groups is 1. The third kappa shape index (κ3) is 4.79. The summed E-state index contributed by atoms with van der Waals surface area (Å²) in [6, 6.07) is 9.68. The first-order valence-electron chi connectivity index (χ1n) is 11.3. The van der Waals surface area contributed by atoms with Crippen LogP contribution in [0.2, 0.25) is 0 Å². The summed E-state index contributed by atoms with van der Waals surface area (Å²) >= 11 is 0. The van der Waals surface area contributed by atoms with Gasteiger partial charge in [-0.25, -0.2) is 4.68 Å². The molecule has 0 bridgehead atoms. The van der Waals surface area contributed by atoms with Crippen molar-refractivity contribution in [1.82, 2.24) is 14.7 Å². The molecular weight excluding hydrogens is 417 g/mol. The number of fused-ring (bicyclic) bond motifs is 1. The van der Waals surface area contributed by atoms with E-state index in [1.165, 1.54) is 0 Å². The second-order valence-corrected chi connectivity index (χ2v) is 10.1. The minimum atomic E-state index is -4.36. The number of aryl methyl sites for hydroxylation is 1. The number of carbonyl (C=O) groups excluding carboxylic acids is 1. The van der Waals surface area contributed by atoms with Crippen LogP contribution in [-0.2, 0) is 11.2 Å². The Labute approximate surface area is 187 Å². The van der Waals surface area contributed by atoms with Crippen LogP contribution in [0.4, 0.5) is 19.0 Å². The number of anilines is 1. The number of nitrogens with zero attached hydrogens (tertiary/aromatic N) is 3. The number of likely N-dealkylation sites (tertiary alicyclic amines) is 1. The molecule has 8 heteroatoms. The molecule has 0 unspecified atom stereocenters. The number of nitrogens with one attached hydrogen (secondary N) is 1. The lowest BCUT2D eigenvalue weighted by molar-refractivity contribution is -0.175. The fourth-order valence-corrected chi connectivity index (χ4v) is 4.64. The van der Waals surface area contributed by atoms with E-state index in [0.29, 0.717) is 43.9 Å². The number of benzene rings is 1. The van der Waals surface area contributed by atoms with E-state index in [0.717, 1.165) is 10.2 Å². The van der Waals surface area contributed by atoms with Gasteiger partial charge in [0.1, 0.15) is 5.82 Å². The van der Waals surface area contributed by atoms with Gasteiger partial charge in [-0.2, -0.15) is 18.3 Å². The lowest BCUT2D eigenvalue weighted by Crippen LogP contribution is -2.44. The molecule has 1 saturated heterocycles. The second-order valence-electron chi connectivity index (χ2n) is 10.1. The minimum absolute atomic E-state index is 0.0439. The van der Waals surface area contributed by atoms with E-state index in [1.807, 2.05) is 56.0 Å². The molecule has 3 heterocycles. The van der Waals surface area contributed by atoms with Crippen LogP contribution in [0, 0.1) is 5.41 Å². The van der Waals surface area contributed by atoms with E-state index in [1.54, 1.807) is 6.07 Å². The molecule has 1 aromatic heterocycles. The smallest absolute Gasteiger partial charge is 0.367 e. The Kier molecular flexibility index (Phi) is 5.98. The summed E-state index contributed by atoms with van der Waals surface area (Å²) in [5, 5.41) is 7.66. The zero-order valence-corrected chi connectivity index (χ0v) is 18.8. The maximum atomic E-state index is 13.8. The van der Waals surface area contributed by atoms with Gasteiger partial charge in [-0.1, -0.05) is 51.1 Å². The van der Waals surface area contributed by atoms with Crippen LogP contribution in [-0.4, -0.2) is 45.9 Å². The molecule has 1 fully saturated rings. The number of alkyl halides is 3. The third-order valence-corrected chi connectivity index (χ3v) is 6.68. The Morgan fingerprint density at radius 1 is 1.19 bits per heavy atom. The fraction of sp³-hybridized carbons (Fsp3) is 0.583. The van der Waals surface area contributed by atoms with Crippen molar-refractivity contribution in [3.05, 3.63) is 47.7 Å². The van der Waals surface area contributed by atoms with E-state index in [4.69, 9.17) is 0 Å². The van der Waals surface area contributed by atoms with Gasteiger partial charge < -0.3 is 10.2 Å². The topological polar surface area (TPSA) is 50.2 Å². The molecule has 0 saturated carbocycles. The normalized spacial score (nSPS) is 23.7. The van der Waals surface area contributed by atoms with E-state index >= 15 is 0 Å². The number of amides is 1. The van der Waals surface area contributed by atoms with Gasteiger partial charge in [-0.05, 0) is 30.2 Å². The van der Waals surface area contributed by atoms with Crippen molar-refractivity contribution in [2.24, 2.45) is 5.41 Å². The predicted molar refractivity (Wildman–Crippen MR) is 118 cm³/mol. The van der Waals surface area contributed by atoms with E-state index in [2.05, 4.69) is 10.4 Å². The van der Waals surface area contributed by atoms with Crippen LogP contribution in [0.5, 0.6) is 0 Å². The molecule has 4 rings (SSSR count). The number of aromatic nitrogens is 2. The molecule has 2 aliphatic heterocycles. The Morgan fingerprint density at radius 3 is 2.56 bits per heavy atom. The highest BCUT2D eigenvalue weighted by Gasteiger charge is 2.48. The van der Waals surface area contributed by atoms with Crippen molar-refractivity contribution < 1.29 is 18.0 Å². The van der Waals surface area contributed by atoms with Crippen molar-refractivity contribution in [2.75, 3.05) is 18.4 Å². The summed E-state index contributed by atoms with van der Waals surface area (Å²) in [6.07, 6.45) is -2.58. The molecule has 1 amide bonds. The monoisotopic (exact) mass is 448 g/mol.